The van der Waals surface area contributed by atoms with Gasteiger partial charge in [-0.25, -0.2) is 0 Å². The van der Waals surface area contributed by atoms with Gasteiger partial charge in [-0.1, -0.05) is 6.07 Å². The first-order valence-corrected chi connectivity index (χ1v) is 6.80. The van der Waals surface area contributed by atoms with Gasteiger partial charge in [-0.3, -0.25) is 0 Å². The summed E-state index contributed by atoms with van der Waals surface area (Å²) < 4.78 is 0. The molecule has 1 aromatic carbocycles. The lowest BCUT2D eigenvalue weighted by Crippen LogP contribution is -2.46. The molecule has 0 bridgehead atoms. The number of aliphatic hydroxyl groups excluding tert-OH is 1. The summed E-state index contributed by atoms with van der Waals surface area (Å²) in [6.07, 6.45) is 1.11. The van der Waals surface area contributed by atoms with Crippen molar-refractivity contribution in [3.63, 3.8) is 0 Å². The van der Waals surface area contributed by atoms with Crippen LogP contribution < -0.4 is 10.2 Å². The maximum atomic E-state index is 9.62. The summed E-state index contributed by atoms with van der Waals surface area (Å²) in [5.41, 5.74) is 3.81. The molecule has 0 aliphatic carbocycles. The molecule has 3 heteroatoms. The molecule has 3 nitrogen and oxygen atoms in total. The van der Waals surface area contributed by atoms with E-state index in [1.165, 1.54) is 16.8 Å². The van der Waals surface area contributed by atoms with Crippen LogP contribution in [0.2, 0.25) is 0 Å². The number of aryl methyl sites for hydroxylation is 2. The molecule has 0 aromatic heterocycles. The molecule has 2 unspecified atom stereocenters. The Balaban J connectivity index is 2.36. The van der Waals surface area contributed by atoms with Gasteiger partial charge in [0.25, 0.3) is 0 Å². The van der Waals surface area contributed by atoms with Crippen LogP contribution in [-0.2, 0) is 0 Å². The Labute approximate surface area is 110 Å². The van der Waals surface area contributed by atoms with Gasteiger partial charge in [-0.2, -0.15) is 0 Å². The average Bonchev–Trinajstić information content (AvgIpc) is 2.49. The summed E-state index contributed by atoms with van der Waals surface area (Å²) in [4.78, 5) is 2.38. The average molecular weight is 248 g/mol. The zero-order valence-electron chi connectivity index (χ0n) is 11.6. The summed E-state index contributed by atoms with van der Waals surface area (Å²) in [5.74, 6) is 0. The molecule has 1 heterocycles. The highest BCUT2D eigenvalue weighted by Gasteiger charge is 2.25. The number of rotatable bonds is 2. The van der Waals surface area contributed by atoms with Crippen LogP contribution >= 0.6 is 0 Å². The fourth-order valence-electron chi connectivity index (χ4n) is 2.89. The second kappa shape index (κ2) is 5.72. The summed E-state index contributed by atoms with van der Waals surface area (Å²) in [7, 11) is 0. The molecule has 2 N–H and O–H groups in total. The molecule has 1 aliphatic heterocycles. The largest absolute Gasteiger partial charge is 0.394 e. The van der Waals surface area contributed by atoms with Crippen LogP contribution in [0.5, 0.6) is 0 Å². The monoisotopic (exact) mass is 248 g/mol. The lowest BCUT2D eigenvalue weighted by molar-refractivity contribution is 0.255. The van der Waals surface area contributed by atoms with E-state index in [4.69, 9.17) is 0 Å². The van der Waals surface area contributed by atoms with E-state index in [1.54, 1.807) is 0 Å². The van der Waals surface area contributed by atoms with Crippen LogP contribution in [0.15, 0.2) is 18.2 Å². The van der Waals surface area contributed by atoms with Gasteiger partial charge < -0.3 is 15.3 Å². The Hall–Kier alpha value is -1.06. The molecule has 2 rings (SSSR count). The van der Waals surface area contributed by atoms with Crippen molar-refractivity contribution in [1.29, 1.82) is 0 Å². The lowest BCUT2D eigenvalue weighted by atomic mass is 10.1. The van der Waals surface area contributed by atoms with Crippen LogP contribution in [-0.4, -0.2) is 36.9 Å². The SMILES string of the molecule is Cc1cc(C)cc(N2C(C)CCNCC2CO)c1. The fraction of sp³-hybridized carbons (Fsp3) is 0.600. The zero-order chi connectivity index (χ0) is 13.1. The number of hydrogen-bond donors (Lipinski definition) is 2. The molecule has 0 amide bonds. The number of nitrogens with one attached hydrogen (secondary N) is 1. The highest BCUT2D eigenvalue weighted by molar-refractivity contribution is 5.53. The molecular formula is C15H24N2O. The molecule has 100 valence electrons. The fourth-order valence-corrected chi connectivity index (χ4v) is 2.89. The van der Waals surface area contributed by atoms with Gasteiger partial charge in [0.05, 0.1) is 12.6 Å². The minimum Gasteiger partial charge on any atom is -0.394 e. The van der Waals surface area contributed by atoms with E-state index < -0.39 is 0 Å². The quantitative estimate of drug-likeness (QED) is 0.838. The third-order valence-corrected chi connectivity index (χ3v) is 3.70. The van der Waals surface area contributed by atoms with Gasteiger partial charge in [0.15, 0.2) is 0 Å². The maximum Gasteiger partial charge on any atom is 0.0648 e. The van der Waals surface area contributed by atoms with Gasteiger partial charge in [0.1, 0.15) is 0 Å². The molecule has 1 fully saturated rings. The Morgan fingerprint density at radius 2 is 1.94 bits per heavy atom. The summed E-state index contributed by atoms with van der Waals surface area (Å²) in [6.45, 7) is 8.58. The minimum absolute atomic E-state index is 0.170. The smallest absolute Gasteiger partial charge is 0.0648 e. The van der Waals surface area contributed by atoms with Crippen LogP contribution in [0.3, 0.4) is 0 Å². The molecule has 0 radical (unpaired) electrons. The Bertz CT molecular complexity index is 385. The van der Waals surface area contributed by atoms with Crippen molar-refractivity contribution in [3.05, 3.63) is 29.3 Å². The highest BCUT2D eigenvalue weighted by Crippen LogP contribution is 2.25. The summed E-state index contributed by atoms with van der Waals surface area (Å²) in [6, 6.07) is 7.26. The van der Waals surface area contributed by atoms with Gasteiger partial charge in [0, 0.05) is 18.3 Å². The Morgan fingerprint density at radius 1 is 1.28 bits per heavy atom. The van der Waals surface area contributed by atoms with Crippen molar-refractivity contribution in [2.24, 2.45) is 0 Å². The van der Waals surface area contributed by atoms with Crippen molar-refractivity contribution >= 4 is 5.69 Å². The standard InChI is InChI=1S/C15H24N2O/c1-11-6-12(2)8-14(7-11)17-13(3)4-5-16-9-15(17)10-18/h6-8,13,15-16,18H,4-5,9-10H2,1-3H3. The Kier molecular flexibility index (Phi) is 4.25. The number of benzene rings is 1. The molecule has 0 saturated carbocycles. The van der Waals surface area contributed by atoms with Crippen LogP contribution in [0.25, 0.3) is 0 Å². The van der Waals surface area contributed by atoms with E-state index in [9.17, 15) is 5.11 Å². The molecule has 1 aliphatic rings. The summed E-state index contributed by atoms with van der Waals surface area (Å²) in [5, 5.41) is 13.0. The second-order valence-electron chi connectivity index (χ2n) is 5.43. The third kappa shape index (κ3) is 2.85. The van der Waals surface area contributed by atoms with E-state index in [0.29, 0.717) is 6.04 Å². The van der Waals surface area contributed by atoms with Gasteiger partial charge in [0.2, 0.25) is 0 Å². The van der Waals surface area contributed by atoms with Crippen molar-refractivity contribution in [2.45, 2.75) is 39.3 Å². The topological polar surface area (TPSA) is 35.5 Å². The normalized spacial score (nSPS) is 25.0. The Morgan fingerprint density at radius 3 is 2.56 bits per heavy atom. The molecule has 1 saturated heterocycles. The van der Waals surface area contributed by atoms with Crippen LogP contribution in [0.4, 0.5) is 5.69 Å². The van der Waals surface area contributed by atoms with E-state index in [-0.39, 0.29) is 12.6 Å². The van der Waals surface area contributed by atoms with Crippen LogP contribution in [0, 0.1) is 13.8 Å². The molecule has 0 spiro atoms. The van der Waals surface area contributed by atoms with Gasteiger partial charge in [-0.15, -0.1) is 0 Å². The van der Waals surface area contributed by atoms with Crippen molar-refractivity contribution in [1.82, 2.24) is 5.32 Å². The van der Waals surface area contributed by atoms with E-state index in [0.717, 1.165) is 19.5 Å². The number of hydrogen-bond acceptors (Lipinski definition) is 3. The maximum absolute atomic E-state index is 9.62. The van der Waals surface area contributed by atoms with E-state index in [2.05, 4.69) is 49.2 Å². The van der Waals surface area contributed by atoms with E-state index in [1.807, 2.05) is 0 Å². The lowest BCUT2D eigenvalue weighted by Gasteiger charge is -2.36. The molecule has 18 heavy (non-hydrogen) atoms. The predicted octanol–water partition coefficient (Wildman–Crippen LogP) is 1.85. The van der Waals surface area contributed by atoms with Crippen LogP contribution in [0.1, 0.15) is 24.5 Å². The van der Waals surface area contributed by atoms with E-state index >= 15 is 0 Å². The molecule has 1 aromatic rings. The summed E-state index contributed by atoms with van der Waals surface area (Å²) >= 11 is 0. The minimum atomic E-state index is 0.170. The van der Waals surface area contributed by atoms with Crippen molar-refractivity contribution < 1.29 is 5.11 Å². The first kappa shape index (κ1) is 13.4. The number of aliphatic hydroxyl groups is 1. The first-order valence-electron chi connectivity index (χ1n) is 6.80. The number of nitrogens with zero attached hydrogens (tertiary/aromatic N) is 1. The molecule has 2 atom stereocenters. The zero-order valence-corrected chi connectivity index (χ0v) is 11.6. The third-order valence-electron chi connectivity index (χ3n) is 3.70. The predicted molar refractivity (Wildman–Crippen MR) is 76.2 cm³/mol. The van der Waals surface area contributed by atoms with Gasteiger partial charge >= 0.3 is 0 Å². The van der Waals surface area contributed by atoms with Gasteiger partial charge in [-0.05, 0) is 57.0 Å². The second-order valence-corrected chi connectivity index (χ2v) is 5.43. The number of anilines is 1. The van der Waals surface area contributed by atoms with Crippen molar-refractivity contribution in [2.75, 3.05) is 24.6 Å². The highest BCUT2D eigenvalue weighted by atomic mass is 16.3. The first-order chi connectivity index (χ1) is 8.61. The van der Waals surface area contributed by atoms with Crippen molar-refractivity contribution in [3.8, 4) is 0 Å². The molecular weight excluding hydrogens is 224 g/mol.